The lowest BCUT2D eigenvalue weighted by Crippen LogP contribution is -2.51. The first-order chi connectivity index (χ1) is 13.0. The third kappa shape index (κ3) is 3.15. The molecule has 4 bridgehead atoms. The summed E-state index contributed by atoms with van der Waals surface area (Å²) in [4.78, 5) is 13.4. The molecular weight excluding hydrogens is 380 g/mol. The predicted octanol–water partition coefficient (Wildman–Crippen LogP) is 3.48. The molecule has 5 nitrogen and oxygen atoms in total. The maximum Gasteiger partial charge on any atom is 0.262 e. The standard InChI is InChI=1S/C20H28N2O3S2/c23-19(18-17(3-6-26-18)27(24,25)22-4-1-2-5-22)21-13-20-10-14-7-15(11-20)9-16(8-14)12-20/h3,6,14-16H,1-2,4-5,7-13H2,(H,21,23). The van der Waals surface area contributed by atoms with Gasteiger partial charge in [0.15, 0.2) is 0 Å². The number of hydrogen-bond donors (Lipinski definition) is 1. The molecule has 4 saturated carbocycles. The van der Waals surface area contributed by atoms with E-state index < -0.39 is 10.0 Å². The van der Waals surface area contributed by atoms with E-state index in [0.717, 1.165) is 30.6 Å². The fraction of sp³-hybridized carbons (Fsp3) is 0.750. The first-order valence-corrected chi connectivity index (χ1v) is 12.6. The Kier molecular flexibility index (Phi) is 4.41. The molecule has 1 aromatic heterocycles. The number of nitrogens with one attached hydrogen (secondary N) is 1. The predicted molar refractivity (Wildman–Crippen MR) is 105 cm³/mol. The highest BCUT2D eigenvalue weighted by molar-refractivity contribution is 7.89. The third-order valence-electron chi connectivity index (χ3n) is 7.31. The summed E-state index contributed by atoms with van der Waals surface area (Å²) in [6.07, 6.45) is 9.67. The van der Waals surface area contributed by atoms with E-state index in [2.05, 4.69) is 5.32 Å². The van der Waals surface area contributed by atoms with Crippen LogP contribution in [0, 0.1) is 23.2 Å². The number of rotatable bonds is 5. The lowest BCUT2D eigenvalue weighted by atomic mass is 9.49. The summed E-state index contributed by atoms with van der Waals surface area (Å²) in [5.74, 6) is 2.33. The van der Waals surface area contributed by atoms with E-state index in [-0.39, 0.29) is 16.2 Å². The number of carbonyl (C=O) groups is 1. The average molecular weight is 409 g/mol. The van der Waals surface area contributed by atoms with Crippen LogP contribution in [-0.4, -0.2) is 38.3 Å². The van der Waals surface area contributed by atoms with E-state index in [4.69, 9.17) is 0 Å². The molecule has 1 saturated heterocycles. The average Bonchev–Trinajstić information content (AvgIpc) is 3.30. The molecule has 0 aromatic carbocycles. The Bertz CT molecular complexity index is 804. The van der Waals surface area contributed by atoms with Gasteiger partial charge in [-0.3, -0.25) is 4.79 Å². The molecule has 1 N–H and O–H groups in total. The van der Waals surface area contributed by atoms with Crippen molar-refractivity contribution in [3.05, 3.63) is 16.3 Å². The summed E-state index contributed by atoms with van der Waals surface area (Å²) in [6, 6.07) is 1.60. The normalized spacial score (nSPS) is 35.6. The van der Waals surface area contributed by atoms with E-state index in [1.165, 1.54) is 54.2 Å². The third-order valence-corrected chi connectivity index (χ3v) is 10.3. The van der Waals surface area contributed by atoms with Crippen LogP contribution in [0.15, 0.2) is 16.3 Å². The fourth-order valence-corrected chi connectivity index (χ4v) is 9.42. The van der Waals surface area contributed by atoms with Crippen LogP contribution in [0.3, 0.4) is 0 Å². The van der Waals surface area contributed by atoms with Gasteiger partial charge in [0.2, 0.25) is 10.0 Å². The molecule has 4 aliphatic carbocycles. The molecule has 7 heteroatoms. The molecule has 1 amide bonds. The minimum atomic E-state index is -3.55. The van der Waals surface area contributed by atoms with Crippen LogP contribution < -0.4 is 5.32 Å². The number of nitrogens with zero attached hydrogens (tertiary/aromatic N) is 1. The van der Waals surface area contributed by atoms with Gasteiger partial charge in [-0.1, -0.05) is 0 Å². The van der Waals surface area contributed by atoms with Crippen LogP contribution in [0.5, 0.6) is 0 Å². The summed E-state index contributed by atoms with van der Waals surface area (Å²) in [5.41, 5.74) is 0.260. The van der Waals surface area contributed by atoms with Crippen molar-refractivity contribution in [2.75, 3.05) is 19.6 Å². The molecule has 148 valence electrons. The van der Waals surface area contributed by atoms with Crippen molar-refractivity contribution in [1.82, 2.24) is 9.62 Å². The van der Waals surface area contributed by atoms with E-state index in [1.807, 2.05) is 0 Å². The molecule has 5 aliphatic rings. The minimum Gasteiger partial charge on any atom is -0.351 e. The maximum absolute atomic E-state index is 12.9. The molecule has 0 spiro atoms. The van der Waals surface area contributed by atoms with Gasteiger partial charge >= 0.3 is 0 Å². The molecule has 0 unspecified atom stereocenters. The van der Waals surface area contributed by atoms with Crippen molar-refractivity contribution in [3.8, 4) is 0 Å². The van der Waals surface area contributed by atoms with Crippen molar-refractivity contribution < 1.29 is 13.2 Å². The Balaban J connectivity index is 1.31. The number of sulfonamides is 1. The zero-order chi connectivity index (χ0) is 18.6. The van der Waals surface area contributed by atoms with Gasteiger partial charge in [0.1, 0.15) is 9.77 Å². The quantitative estimate of drug-likeness (QED) is 0.811. The molecule has 5 fully saturated rings. The summed E-state index contributed by atoms with van der Waals surface area (Å²) in [5, 5.41) is 4.86. The highest BCUT2D eigenvalue weighted by Gasteiger charge is 2.50. The molecule has 0 radical (unpaired) electrons. The zero-order valence-electron chi connectivity index (χ0n) is 15.7. The SMILES string of the molecule is O=C(NCC12CC3CC(CC(C3)C1)C2)c1sccc1S(=O)(=O)N1CCCC1. The molecule has 1 aliphatic heterocycles. The number of amides is 1. The Morgan fingerprint density at radius 2 is 1.70 bits per heavy atom. The summed E-state index contributed by atoms with van der Waals surface area (Å²) >= 11 is 1.24. The van der Waals surface area contributed by atoms with Gasteiger partial charge in [0.25, 0.3) is 5.91 Å². The number of carbonyl (C=O) groups excluding carboxylic acids is 1. The molecule has 0 atom stereocenters. The smallest absolute Gasteiger partial charge is 0.262 e. The van der Waals surface area contributed by atoms with Gasteiger partial charge in [-0.05, 0) is 86.0 Å². The second kappa shape index (κ2) is 6.56. The van der Waals surface area contributed by atoms with Crippen molar-refractivity contribution in [1.29, 1.82) is 0 Å². The van der Waals surface area contributed by atoms with E-state index in [1.54, 1.807) is 11.4 Å². The zero-order valence-corrected chi connectivity index (χ0v) is 17.3. The first-order valence-electron chi connectivity index (χ1n) is 10.3. The largest absolute Gasteiger partial charge is 0.351 e. The summed E-state index contributed by atoms with van der Waals surface area (Å²) in [6.45, 7) is 1.83. The lowest BCUT2D eigenvalue weighted by Gasteiger charge is -2.56. The number of thiophene rings is 1. The van der Waals surface area contributed by atoms with E-state index >= 15 is 0 Å². The Morgan fingerprint density at radius 3 is 2.30 bits per heavy atom. The maximum atomic E-state index is 12.9. The summed E-state index contributed by atoms with van der Waals surface area (Å²) < 4.78 is 27.3. The van der Waals surface area contributed by atoms with Crippen molar-refractivity contribution in [3.63, 3.8) is 0 Å². The number of hydrogen-bond acceptors (Lipinski definition) is 4. The molecule has 27 heavy (non-hydrogen) atoms. The molecule has 1 aromatic rings. The second-order valence-corrected chi connectivity index (χ2v) is 12.1. The lowest BCUT2D eigenvalue weighted by molar-refractivity contribution is -0.0503. The topological polar surface area (TPSA) is 66.5 Å². The van der Waals surface area contributed by atoms with Crippen molar-refractivity contribution in [2.24, 2.45) is 23.2 Å². The van der Waals surface area contributed by atoms with Gasteiger partial charge in [0, 0.05) is 19.6 Å². The van der Waals surface area contributed by atoms with Gasteiger partial charge < -0.3 is 5.32 Å². The Labute approximate surface area is 165 Å². The van der Waals surface area contributed by atoms with Gasteiger partial charge in [0.05, 0.1) is 0 Å². The van der Waals surface area contributed by atoms with Crippen molar-refractivity contribution >= 4 is 27.3 Å². The van der Waals surface area contributed by atoms with Gasteiger partial charge in [-0.15, -0.1) is 11.3 Å². The Morgan fingerprint density at radius 1 is 1.11 bits per heavy atom. The fourth-order valence-electron chi connectivity index (χ4n) is 6.59. The molecule has 2 heterocycles. The summed E-state index contributed by atoms with van der Waals surface area (Å²) in [7, 11) is -3.55. The second-order valence-electron chi connectivity index (χ2n) is 9.33. The van der Waals surface area contributed by atoms with Gasteiger partial charge in [-0.25, -0.2) is 8.42 Å². The van der Waals surface area contributed by atoms with Crippen LogP contribution in [0.1, 0.15) is 61.0 Å². The molecular formula is C20H28N2O3S2. The minimum absolute atomic E-state index is 0.192. The van der Waals surface area contributed by atoms with Crippen LogP contribution >= 0.6 is 11.3 Å². The van der Waals surface area contributed by atoms with Crippen LogP contribution in [0.25, 0.3) is 0 Å². The van der Waals surface area contributed by atoms with Crippen LogP contribution in [0.2, 0.25) is 0 Å². The van der Waals surface area contributed by atoms with Crippen LogP contribution in [-0.2, 0) is 10.0 Å². The monoisotopic (exact) mass is 408 g/mol. The van der Waals surface area contributed by atoms with E-state index in [9.17, 15) is 13.2 Å². The Hall–Kier alpha value is -0.920. The van der Waals surface area contributed by atoms with E-state index in [0.29, 0.717) is 24.5 Å². The first kappa shape index (κ1) is 18.1. The molecule has 6 rings (SSSR count). The van der Waals surface area contributed by atoms with Crippen LogP contribution in [0.4, 0.5) is 0 Å². The van der Waals surface area contributed by atoms with Crippen molar-refractivity contribution in [2.45, 2.75) is 56.3 Å². The highest BCUT2D eigenvalue weighted by Crippen LogP contribution is 2.59. The van der Waals surface area contributed by atoms with Gasteiger partial charge in [-0.2, -0.15) is 4.31 Å². The highest BCUT2D eigenvalue weighted by atomic mass is 32.2.